The van der Waals surface area contributed by atoms with Gasteiger partial charge in [-0.25, -0.2) is 4.98 Å². The molecule has 122 valence electrons. The largest absolute Gasteiger partial charge is 0.352 e. The fraction of sp³-hybridized carbons (Fsp3) is 0.200. The highest BCUT2D eigenvalue weighted by molar-refractivity contribution is 7.13. The Morgan fingerprint density at radius 3 is 2.29 bits per heavy atom. The van der Waals surface area contributed by atoms with Crippen LogP contribution in [0.5, 0.6) is 0 Å². The van der Waals surface area contributed by atoms with Crippen molar-refractivity contribution in [1.82, 2.24) is 10.3 Å². The van der Waals surface area contributed by atoms with Crippen molar-refractivity contribution in [2.45, 2.75) is 20.3 Å². The Morgan fingerprint density at radius 2 is 1.62 bits per heavy atom. The van der Waals surface area contributed by atoms with E-state index in [4.69, 9.17) is 0 Å². The first kappa shape index (κ1) is 16.4. The van der Waals surface area contributed by atoms with Crippen molar-refractivity contribution in [2.24, 2.45) is 0 Å². The Bertz CT molecular complexity index is 820. The van der Waals surface area contributed by atoms with Gasteiger partial charge in [-0.05, 0) is 26.0 Å². The number of aromatic nitrogens is 1. The summed E-state index contributed by atoms with van der Waals surface area (Å²) in [7, 11) is 0. The summed E-state index contributed by atoms with van der Waals surface area (Å²) < 4.78 is 0. The van der Waals surface area contributed by atoms with Gasteiger partial charge >= 0.3 is 0 Å². The van der Waals surface area contributed by atoms with Crippen molar-refractivity contribution >= 4 is 17.2 Å². The third-order valence-electron chi connectivity index (χ3n) is 3.83. The molecule has 0 saturated heterocycles. The van der Waals surface area contributed by atoms with E-state index in [1.54, 1.807) is 11.3 Å². The Morgan fingerprint density at radius 1 is 1.00 bits per heavy atom. The lowest BCUT2D eigenvalue weighted by molar-refractivity contribution is 0.0954. The Kier molecular flexibility index (Phi) is 5.06. The standard InChI is InChI=1S/C20H20N2OS/c1-14-3-7-16(8-4-14)19(23)21-12-11-18-13-24-20(22-18)17-9-5-15(2)6-10-17/h3-10,13H,11-12H2,1-2H3,(H,21,23). The summed E-state index contributed by atoms with van der Waals surface area (Å²) in [4.78, 5) is 16.7. The minimum atomic E-state index is -0.0380. The summed E-state index contributed by atoms with van der Waals surface area (Å²) in [5.41, 5.74) is 5.24. The third kappa shape index (κ3) is 4.09. The summed E-state index contributed by atoms with van der Waals surface area (Å²) in [5, 5.41) is 6.03. The molecule has 1 amide bonds. The average Bonchev–Trinajstić information content (AvgIpc) is 3.05. The first-order chi connectivity index (χ1) is 11.6. The van der Waals surface area contributed by atoms with E-state index in [1.165, 1.54) is 5.56 Å². The smallest absolute Gasteiger partial charge is 0.251 e. The van der Waals surface area contributed by atoms with Crippen LogP contribution in [0.3, 0.4) is 0 Å². The van der Waals surface area contributed by atoms with Gasteiger partial charge in [-0.2, -0.15) is 0 Å². The molecule has 0 unspecified atom stereocenters. The number of thiazole rings is 1. The molecule has 1 heterocycles. The second-order valence-corrected chi connectivity index (χ2v) is 6.74. The molecule has 0 atom stereocenters. The summed E-state index contributed by atoms with van der Waals surface area (Å²) >= 11 is 1.64. The van der Waals surface area contributed by atoms with Crippen LogP contribution in [-0.4, -0.2) is 17.4 Å². The van der Waals surface area contributed by atoms with Crippen molar-refractivity contribution in [3.05, 3.63) is 76.3 Å². The molecule has 0 aliphatic heterocycles. The lowest BCUT2D eigenvalue weighted by atomic mass is 10.1. The van der Waals surface area contributed by atoms with E-state index in [-0.39, 0.29) is 5.91 Å². The van der Waals surface area contributed by atoms with E-state index >= 15 is 0 Å². The molecule has 0 aliphatic carbocycles. The van der Waals surface area contributed by atoms with Gasteiger partial charge in [0, 0.05) is 29.5 Å². The number of nitrogens with one attached hydrogen (secondary N) is 1. The molecule has 1 aromatic heterocycles. The number of rotatable bonds is 5. The highest BCUT2D eigenvalue weighted by Gasteiger charge is 2.07. The number of carbonyl (C=O) groups is 1. The molecule has 0 radical (unpaired) electrons. The fourth-order valence-electron chi connectivity index (χ4n) is 2.36. The molecule has 3 aromatic rings. The summed E-state index contributed by atoms with van der Waals surface area (Å²) in [6, 6.07) is 16.0. The molecule has 0 saturated carbocycles. The van der Waals surface area contributed by atoms with E-state index in [0.29, 0.717) is 12.1 Å². The minimum Gasteiger partial charge on any atom is -0.352 e. The highest BCUT2D eigenvalue weighted by Crippen LogP contribution is 2.24. The van der Waals surface area contributed by atoms with Crippen LogP contribution in [-0.2, 0) is 6.42 Å². The Labute approximate surface area is 146 Å². The van der Waals surface area contributed by atoms with Gasteiger partial charge in [-0.15, -0.1) is 11.3 Å². The van der Waals surface area contributed by atoms with E-state index in [2.05, 4.69) is 46.9 Å². The molecular weight excluding hydrogens is 316 g/mol. The molecule has 2 aromatic carbocycles. The van der Waals surface area contributed by atoms with Crippen molar-refractivity contribution in [3.8, 4) is 10.6 Å². The predicted molar refractivity (Wildman–Crippen MR) is 99.5 cm³/mol. The summed E-state index contributed by atoms with van der Waals surface area (Å²) in [6.45, 7) is 4.67. The lowest BCUT2D eigenvalue weighted by Crippen LogP contribution is -2.25. The summed E-state index contributed by atoms with van der Waals surface area (Å²) in [6.07, 6.45) is 0.736. The minimum absolute atomic E-state index is 0.0380. The molecule has 24 heavy (non-hydrogen) atoms. The number of hydrogen-bond acceptors (Lipinski definition) is 3. The number of hydrogen-bond donors (Lipinski definition) is 1. The molecule has 0 bridgehead atoms. The third-order valence-corrected chi connectivity index (χ3v) is 4.77. The maximum Gasteiger partial charge on any atom is 0.251 e. The Hall–Kier alpha value is -2.46. The van der Waals surface area contributed by atoms with Gasteiger partial charge < -0.3 is 5.32 Å². The second kappa shape index (κ2) is 7.41. The number of carbonyl (C=O) groups excluding carboxylic acids is 1. The van der Waals surface area contributed by atoms with Crippen LogP contribution in [0, 0.1) is 13.8 Å². The maximum absolute atomic E-state index is 12.1. The van der Waals surface area contributed by atoms with E-state index in [9.17, 15) is 4.79 Å². The zero-order valence-corrected chi connectivity index (χ0v) is 14.7. The SMILES string of the molecule is Cc1ccc(C(=O)NCCc2csc(-c3ccc(C)cc3)n2)cc1. The molecule has 0 aliphatic rings. The van der Waals surface area contributed by atoms with Crippen LogP contribution in [0.25, 0.3) is 10.6 Å². The Balaban J connectivity index is 1.55. The molecule has 3 nitrogen and oxygen atoms in total. The first-order valence-corrected chi connectivity index (χ1v) is 8.86. The quantitative estimate of drug-likeness (QED) is 0.750. The van der Waals surface area contributed by atoms with Crippen LogP contribution in [0.4, 0.5) is 0 Å². The normalized spacial score (nSPS) is 10.6. The van der Waals surface area contributed by atoms with Gasteiger partial charge in [0.25, 0.3) is 5.91 Å². The van der Waals surface area contributed by atoms with E-state index in [1.807, 2.05) is 31.2 Å². The van der Waals surface area contributed by atoms with E-state index in [0.717, 1.165) is 28.2 Å². The zero-order chi connectivity index (χ0) is 16.9. The van der Waals surface area contributed by atoms with Gasteiger partial charge in [0.05, 0.1) is 5.69 Å². The molecule has 0 spiro atoms. The number of nitrogens with zero attached hydrogens (tertiary/aromatic N) is 1. The highest BCUT2D eigenvalue weighted by atomic mass is 32.1. The van der Waals surface area contributed by atoms with Crippen LogP contribution >= 0.6 is 11.3 Å². The topological polar surface area (TPSA) is 42.0 Å². The van der Waals surface area contributed by atoms with Crippen LogP contribution in [0.1, 0.15) is 27.2 Å². The van der Waals surface area contributed by atoms with Gasteiger partial charge in [-0.1, -0.05) is 47.5 Å². The van der Waals surface area contributed by atoms with Gasteiger partial charge in [0.15, 0.2) is 0 Å². The molecule has 0 fully saturated rings. The number of amides is 1. The monoisotopic (exact) mass is 336 g/mol. The molecule has 4 heteroatoms. The first-order valence-electron chi connectivity index (χ1n) is 7.98. The zero-order valence-electron chi connectivity index (χ0n) is 13.9. The van der Waals surface area contributed by atoms with Crippen molar-refractivity contribution in [1.29, 1.82) is 0 Å². The number of benzene rings is 2. The van der Waals surface area contributed by atoms with E-state index < -0.39 is 0 Å². The molecular formula is C20H20N2OS. The van der Waals surface area contributed by atoms with Crippen molar-refractivity contribution in [3.63, 3.8) is 0 Å². The van der Waals surface area contributed by atoms with Crippen molar-refractivity contribution in [2.75, 3.05) is 6.54 Å². The summed E-state index contributed by atoms with van der Waals surface area (Å²) in [5.74, 6) is -0.0380. The van der Waals surface area contributed by atoms with Crippen LogP contribution in [0.15, 0.2) is 53.9 Å². The second-order valence-electron chi connectivity index (χ2n) is 5.88. The molecule has 3 rings (SSSR count). The van der Waals surface area contributed by atoms with Gasteiger partial charge in [-0.3, -0.25) is 4.79 Å². The van der Waals surface area contributed by atoms with Gasteiger partial charge in [0.1, 0.15) is 5.01 Å². The van der Waals surface area contributed by atoms with Crippen LogP contribution in [0.2, 0.25) is 0 Å². The lowest BCUT2D eigenvalue weighted by Gasteiger charge is -2.04. The fourth-order valence-corrected chi connectivity index (χ4v) is 3.22. The van der Waals surface area contributed by atoms with Crippen molar-refractivity contribution < 1.29 is 4.79 Å². The predicted octanol–water partition coefficient (Wildman–Crippen LogP) is 4.40. The van der Waals surface area contributed by atoms with Gasteiger partial charge in [0.2, 0.25) is 0 Å². The van der Waals surface area contributed by atoms with Crippen LogP contribution < -0.4 is 5.32 Å². The average molecular weight is 336 g/mol. The number of aryl methyl sites for hydroxylation is 2. The molecule has 1 N–H and O–H groups in total. The maximum atomic E-state index is 12.1.